The second-order valence-electron chi connectivity index (χ2n) is 9.40. The van der Waals surface area contributed by atoms with E-state index in [2.05, 4.69) is 29.0 Å². The first kappa shape index (κ1) is 23.3. The van der Waals surface area contributed by atoms with Crippen LogP contribution >= 0.6 is 0 Å². The van der Waals surface area contributed by atoms with Crippen LogP contribution in [0.25, 0.3) is 10.9 Å². The van der Waals surface area contributed by atoms with E-state index in [1.54, 1.807) is 12.3 Å². The largest absolute Gasteiger partial charge is 0.386 e. The Bertz CT molecular complexity index is 1080. The fourth-order valence-corrected chi connectivity index (χ4v) is 5.39. The van der Waals surface area contributed by atoms with Crippen LogP contribution in [0.5, 0.6) is 0 Å². The zero-order valence-electron chi connectivity index (χ0n) is 19.7. The molecule has 2 heterocycles. The predicted molar refractivity (Wildman–Crippen MR) is 135 cm³/mol. The summed E-state index contributed by atoms with van der Waals surface area (Å²) < 4.78 is 0. The van der Waals surface area contributed by atoms with E-state index >= 15 is 0 Å². The first-order valence-corrected chi connectivity index (χ1v) is 12.0. The lowest BCUT2D eigenvalue weighted by Crippen LogP contribution is -2.55. The summed E-state index contributed by atoms with van der Waals surface area (Å²) in [4.78, 5) is 20.4. The van der Waals surface area contributed by atoms with Crippen molar-refractivity contribution in [3.63, 3.8) is 0 Å². The van der Waals surface area contributed by atoms with Gasteiger partial charge in [-0.25, -0.2) is 0 Å². The molecule has 33 heavy (non-hydrogen) atoms. The van der Waals surface area contributed by atoms with Crippen LogP contribution in [0.4, 0.5) is 0 Å². The lowest BCUT2D eigenvalue weighted by molar-refractivity contribution is -0.117. The van der Waals surface area contributed by atoms with Crippen molar-refractivity contribution in [2.24, 2.45) is 5.73 Å². The minimum absolute atomic E-state index is 0.136. The van der Waals surface area contributed by atoms with Gasteiger partial charge in [0.15, 0.2) is 5.78 Å². The van der Waals surface area contributed by atoms with E-state index in [0.29, 0.717) is 17.6 Å². The van der Waals surface area contributed by atoms with Crippen molar-refractivity contribution in [1.82, 2.24) is 15.2 Å². The van der Waals surface area contributed by atoms with E-state index in [-0.39, 0.29) is 11.6 Å². The molecule has 1 aliphatic heterocycles. The molecule has 1 aromatic carbocycles. The molecule has 0 amide bonds. The Hall–Kier alpha value is -2.83. The number of carbonyl (C=O) groups is 1. The summed E-state index contributed by atoms with van der Waals surface area (Å²) in [5.74, 6) is -0.295. The van der Waals surface area contributed by atoms with Crippen molar-refractivity contribution in [1.29, 1.82) is 5.41 Å². The molecule has 3 atom stereocenters. The van der Waals surface area contributed by atoms with Gasteiger partial charge in [0.05, 0.1) is 5.52 Å². The number of fused-ring (bicyclic) bond motifs is 1. The molecule has 4 rings (SSSR count). The van der Waals surface area contributed by atoms with Gasteiger partial charge in [0.1, 0.15) is 11.3 Å². The fourth-order valence-electron chi connectivity index (χ4n) is 5.39. The van der Waals surface area contributed by atoms with Crippen LogP contribution in [0, 0.1) is 5.41 Å². The molecule has 0 radical (unpaired) electrons. The second kappa shape index (κ2) is 9.98. The van der Waals surface area contributed by atoms with Crippen molar-refractivity contribution in [2.45, 2.75) is 57.0 Å². The number of aromatic nitrogens is 1. The average molecular weight is 446 g/mol. The minimum atomic E-state index is -1.26. The number of rotatable bonds is 8. The third-order valence-electron chi connectivity index (χ3n) is 7.20. The predicted octanol–water partition coefficient (Wildman–Crippen LogP) is 3.72. The molecule has 2 aliphatic rings. The van der Waals surface area contributed by atoms with Crippen molar-refractivity contribution in [3.8, 4) is 0 Å². The van der Waals surface area contributed by atoms with Gasteiger partial charge in [-0.05, 0) is 69.0 Å². The highest BCUT2D eigenvalue weighted by molar-refractivity contribution is 6.20. The first-order valence-electron chi connectivity index (χ1n) is 12.0. The van der Waals surface area contributed by atoms with E-state index in [4.69, 9.17) is 11.1 Å². The zero-order chi connectivity index (χ0) is 23.4. The molecule has 4 N–H and O–H groups in total. The summed E-state index contributed by atoms with van der Waals surface area (Å²) in [7, 11) is 0. The summed E-state index contributed by atoms with van der Waals surface area (Å²) in [6, 6.07) is 10.9. The third-order valence-corrected chi connectivity index (χ3v) is 7.20. The Labute approximate surface area is 196 Å². The average Bonchev–Trinajstić information content (AvgIpc) is 2.80. The van der Waals surface area contributed by atoms with Crippen LogP contribution in [0.2, 0.25) is 0 Å². The van der Waals surface area contributed by atoms with Crippen LogP contribution in [0.15, 0.2) is 60.3 Å². The summed E-state index contributed by atoms with van der Waals surface area (Å²) in [5, 5.41) is 12.9. The Morgan fingerprint density at radius 2 is 1.97 bits per heavy atom. The number of benzene rings is 1. The van der Waals surface area contributed by atoms with Crippen LogP contribution in [0.1, 0.15) is 45.1 Å². The summed E-state index contributed by atoms with van der Waals surface area (Å²) in [5.41, 5.74) is 7.34. The number of piperazine rings is 1. The lowest BCUT2D eigenvalue weighted by atomic mass is 9.66. The topological polar surface area (TPSA) is 95.1 Å². The van der Waals surface area contributed by atoms with Crippen molar-refractivity contribution in [3.05, 3.63) is 65.9 Å². The number of allylic oxidation sites excluding steroid dienone is 3. The molecule has 0 bridgehead atoms. The molecule has 2 aromatic rings. The molecule has 174 valence electrons. The smallest absolute Gasteiger partial charge is 0.177 e. The van der Waals surface area contributed by atoms with Crippen LogP contribution in [0.3, 0.4) is 0 Å². The number of para-hydroxylation sites is 1. The Kier molecular flexibility index (Phi) is 7.05. The van der Waals surface area contributed by atoms with E-state index in [1.165, 1.54) is 6.08 Å². The zero-order valence-corrected chi connectivity index (χ0v) is 19.7. The number of pyridine rings is 1. The third kappa shape index (κ3) is 4.50. The number of hydrogen-bond donors (Lipinski definition) is 3. The van der Waals surface area contributed by atoms with Crippen LogP contribution in [-0.4, -0.2) is 53.2 Å². The fraction of sp³-hybridized carbons (Fsp3) is 0.444. The van der Waals surface area contributed by atoms with Gasteiger partial charge in [-0.1, -0.05) is 36.8 Å². The summed E-state index contributed by atoms with van der Waals surface area (Å²) >= 11 is 0. The second-order valence-corrected chi connectivity index (χ2v) is 9.40. The maximum absolute atomic E-state index is 13.3. The number of nitrogens with two attached hydrogens (primary N) is 1. The highest BCUT2D eigenvalue weighted by atomic mass is 16.1. The molecule has 6 heteroatoms. The maximum Gasteiger partial charge on any atom is 0.177 e. The monoisotopic (exact) mass is 445 g/mol. The summed E-state index contributed by atoms with van der Waals surface area (Å²) in [6.45, 7) is 7.76. The van der Waals surface area contributed by atoms with Gasteiger partial charge < -0.3 is 11.1 Å². The number of hydrogen-bond acceptors (Lipinski definition) is 5. The van der Waals surface area contributed by atoms with Gasteiger partial charge in [-0.15, -0.1) is 0 Å². The highest BCUT2D eigenvalue weighted by Gasteiger charge is 2.46. The molecule has 1 aliphatic carbocycles. The van der Waals surface area contributed by atoms with Crippen molar-refractivity contribution < 1.29 is 4.79 Å². The van der Waals surface area contributed by atoms with E-state index in [0.717, 1.165) is 61.8 Å². The minimum Gasteiger partial charge on any atom is -0.386 e. The van der Waals surface area contributed by atoms with Crippen LogP contribution in [-0.2, 0) is 10.2 Å². The number of amidine groups is 1. The van der Waals surface area contributed by atoms with Gasteiger partial charge in [-0.2, -0.15) is 0 Å². The van der Waals surface area contributed by atoms with E-state index < -0.39 is 5.41 Å². The normalized spacial score (nSPS) is 25.9. The van der Waals surface area contributed by atoms with Gasteiger partial charge >= 0.3 is 0 Å². The van der Waals surface area contributed by atoms with Gasteiger partial charge in [-0.3, -0.25) is 20.1 Å². The summed E-state index contributed by atoms with van der Waals surface area (Å²) in [6.07, 6.45) is 10.9. The molecular weight excluding hydrogens is 410 g/mol. The molecule has 0 saturated carbocycles. The Balaban J connectivity index is 1.49. The van der Waals surface area contributed by atoms with Gasteiger partial charge in [0, 0.05) is 36.8 Å². The SMILES string of the molecule is CC1CNCC(C)N1CCCCCC1=CC=CC(=O)C1(C(=N)N)c1cnc2ccccc2c1. The number of carbonyl (C=O) groups excluding carboxylic acids is 1. The standard InChI is InChI=1S/C27H35N5O/c1-19-16-30-17-20(2)32(19)14-7-3-4-10-22-11-8-13-25(33)27(22,26(28)29)23-15-21-9-5-6-12-24(21)31-18-23/h5-6,8-9,11-13,15,18-20,30H,3-4,7,10,14,16-17H2,1-2H3,(H3,28,29). The van der Waals surface area contributed by atoms with E-state index in [1.807, 2.05) is 36.4 Å². The van der Waals surface area contributed by atoms with Gasteiger partial charge in [0.2, 0.25) is 0 Å². The number of nitrogens with zero attached hydrogens (tertiary/aromatic N) is 2. The molecule has 6 nitrogen and oxygen atoms in total. The van der Waals surface area contributed by atoms with E-state index in [9.17, 15) is 4.79 Å². The molecule has 1 fully saturated rings. The number of unbranched alkanes of at least 4 members (excludes halogenated alkanes) is 2. The molecule has 1 aromatic heterocycles. The van der Waals surface area contributed by atoms with Crippen molar-refractivity contribution in [2.75, 3.05) is 19.6 Å². The lowest BCUT2D eigenvalue weighted by Gasteiger charge is -2.39. The maximum atomic E-state index is 13.3. The first-order chi connectivity index (χ1) is 15.9. The Morgan fingerprint density at radius 3 is 2.73 bits per heavy atom. The molecular formula is C27H35N5O. The molecule has 1 saturated heterocycles. The quantitative estimate of drug-likeness (QED) is 0.327. The Morgan fingerprint density at radius 1 is 1.21 bits per heavy atom. The van der Waals surface area contributed by atoms with Gasteiger partial charge in [0.25, 0.3) is 0 Å². The molecule has 3 unspecified atom stereocenters. The highest BCUT2D eigenvalue weighted by Crippen LogP contribution is 2.39. The van der Waals surface area contributed by atoms with Crippen molar-refractivity contribution >= 4 is 22.5 Å². The van der Waals surface area contributed by atoms with Crippen LogP contribution < -0.4 is 11.1 Å². The number of ketones is 1. The number of nitrogens with one attached hydrogen (secondary N) is 2. The molecule has 0 spiro atoms.